The molecule has 1 rings (SSSR count). The van der Waals surface area contributed by atoms with Crippen molar-refractivity contribution >= 4 is 6.92 Å². The zero-order chi connectivity index (χ0) is 12.0. The molecular weight excluding hydrogens is 195 g/mol. The minimum Gasteiger partial charge on any atom is -0.429 e. The number of rotatable bonds is 6. The Bertz CT molecular complexity index is 195. The van der Waals surface area contributed by atoms with Crippen LogP contribution in [-0.4, -0.2) is 13.0 Å². The Kier molecular flexibility index (Phi) is 6.19. The molecule has 1 aliphatic carbocycles. The second kappa shape index (κ2) is 7.16. The second-order valence-corrected chi connectivity index (χ2v) is 5.78. The van der Waals surface area contributed by atoms with E-state index in [2.05, 4.69) is 39.7 Å². The van der Waals surface area contributed by atoms with E-state index in [-0.39, 0.29) is 0 Å². The van der Waals surface area contributed by atoms with Crippen molar-refractivity contribution in [1.29, 1.82) is 0 Å². The van der Waals surface area contributed by atoms with Crippen LogP contribution in [0.4, 0.5) is 0 Å². The van der Waals surface area contributed by atoms with Crippen LogP contribution in [0.25, 0.3) is 0 Å². The molecule has 0 radical (unpaired) electrons. The summed E-state index contributed by atoms with van der Waals surface area (Å²) >= 11 is 0. The quantitative estimate of drug-likeness (QED) is 0.607. The molecule has 0 spiro atoms. The van der Waals surface area contributed by atoms with Crippen molar-refractivity contribution in [3.63, 3.8) is 0 Å². The Morgan fingerprint density at radius 2 is 1.81 bits per heavy atom. The van der Waals surface area contributed by atoms with E-state index in [0.29, 0.717) is 18.9 Å². The first-order chi connectivity index (χ1) is 7.58. The molecule has 0 saturated heterocycles. The highest BCUT2D eigenvalue weighted by molar-refractivity contribution is 6.57. The van der Waals surface area contributed by atoms with Gasteiger partial charge in [-0.05, 0) is 38.9 Å². The molecule has 0 bridgehead atoms. The van der Waals surface area contributed by atoms with E-state index in [1.54, 1.807) is 0 Å². The summed E-state index contributed by atoms with van der Waals surface area (Å²) in [7, 11) is 0. The monoisotopic (exact) mass is 222 g/mol. The van der Waals surface area contributed by atoms with Gasteiger partial charge in [0.05, 0.1) is 0 Å². The van der Waals surface area contributed by atoms with Crippen molar-refractivity contribution in [3.05, 3.63) is 12.1 Å². The predicted octanol–water partition coefficient (Wildman–Crippen LogP) is 4.34. The first-order valence-electron chi connectivity index (χ1n) is 6.91. The van der Waals surface area contributed by atoms with Crippen LogP contribution in [-0.2, 0) is 4.65 Å². The molecule has 1 fully saturated rings. The molecule has 1 saturated carbocycles. The maximum absolute atomic E-state index is 5.93. The fraction of sp³-hybridized carbons (Fsp3) is 0.857. The van der Waals surface area contributed by atoms with Crippen LogP contribution in [0.2, 0.25) is 6.32 Å². The fourth-order valence-electron chi connectivity index (χ4n) is 2.42. The van der Waals surface area contributed by atoms with Gasteiger partial charge < -0.3 is 4.65 Å². The van der Waals surface area contributed by atoms with E-state index in [1.165, 1.54) is 25.7 Å². The van der Waals surface area contributed by atoms with Gasteiger partial charge in [-0.1, -0.05) is 44.7 Å². The van der Waals surface area contributed by atoms with E-state index in [1.807, 2.05) is 0 Å². The van der Waals surface area contributed by atoms with Gasteiger partial charge in [-0.3, -0.25) is 0 Å². The smallest absolute Gasteiger partial charge is 0.319 e. The third-order valence-electron chi connectivity index (χ3n) is 3.15. The van der Waals surface area contributed by atoms with Crippen molar-refractivity contribution in [3.8, 4) is 0 Å². The minimum atomic E-state index is 0.320. The Hall–Kier alpha value is -0.235. The summed E-state index contributed by atoms with van der Waals surface area (Å²) in [6, 6.07) is 0. The van der Waals surface area contributed by atoms with Gasteiger partial charge in [0.2, 0.25) is 0 Å². The molecule has 92 valence electrons. The minimum absolute atomic E-state index is 0.320. The van der Waals surface area contributed by atoms with Gasteiger partial charge in [-0.15, -0.1) is 0 Å². The van der Waals surface area contributed by atoms with E-state index >= 15 is 0 Å². The summed E-state index contributed by atoms with van der Waals surface area (Å²) in [5, 5.41) is 0. The van der Waals surface area contributed by atoms with Crippen molar-refractivity contribution in [1.82, 2.24) is 0 Å². The SMILES string of the molecule is CC(C)CB(/C=C/C1CCCC1)OC(C)C. The summed E-state index contributed by atoms with van der Waals surface area (Å²) < 4.78 is 5.93. The standard InChI is InChI=1S/C14H27BO/c1-12(2)11-15(16-13(3)4)10-9-14-7-5-6-8-14/h9-10,12-14H,5-8,11H2,1-4H3/b10-9+. The molecule has 1 aliphatic rings. The molecule has 16 heavy (non-hydrogen) atoms. The van der Waals surface area contributed by atoms with Crippen LogP contribution in [0.15, 0.2) is 12.1 Å². The molecule has 0 aromatic heterocycles. The highest BCUT2D eigenvalue weighted by Crippen LogP contribution is 2.26. The number of hydrogen-bond donors (Lipinski definition) is 0. The van der Waals surface area contributed by atoms with Gasteiger partial charge in [-0.25, -0.2) is 0 Å². The van der Waals surface area contributed by atoms with Gasteiger partial charge in [-0.2, -0.15) is 0 Å². The summed E-state index contributed by atoms with van der Waals surface area (Å²) in [5.41, 5.74) is 0. The van der Waals surface area contributed by atoms with Crippen molar-refractivity contribution in [2.75, 3.05) is 0 Å². The van der Waals surface area contributed by atoms with Crippen molar-refractivity contribution < 1.29 is 4.65 Å². The van der Waals surface area contributed by atoms with E-state index in [9.17, 15) is 0 Å². The normalized spacial score (nSPS) is 18.1. The Morgan fingerprint density at radius 3 is 2.31 bits per heavy atom. The Morgan fingerprint density at radius 1 is 1.19 bits per heavy atom. The lowest BCUT2D eigenvalue weighted by Crippen LogP contribution is -2.22. The average Bonchev–Trinajstić information content (AvgIpc) is 2.64. The maximum atomic E-state index is 5.93. The molecule has 2 heteroatoms. The van der Waals surface area contributed by atoms with Crippen molar-refractivity contribution in [2.45, 2.75) is 65.8 Å². The molecule has 0 heterocycles. The lowest BCUT2D eigenvalue weighted by molar-refractivity contribution is 0.244. The highest BCUT2D eigenvalue weighted by Gasteiger charge is 2.17. The van der Waals surface area contributed by atoms with Crippen LogP contribution in [0.3, 0.4) is 0 Å². The second-order valence-electron chi connectivity index (χ2n) is 5.78. The number of hydrogen-bond acceptors (Lipinski definition) is 1. The maximum Gasteiger partial charge on any atom is 0.319 e. The van der Waals surface area contributed by atoms with Crippen LogP contribution in [0.1, 0.15) is 53.4 Å². The molecular formula is C14H27BO. The third-order valence-corrected chi connectivity index (χ3v) is 3.15. The molecule has 0 N–H and O–H groups in total. The van der Waals surface area contributed by atoms with Crippen LogP contribution in [0.5, 0.6) is 0 Å². The third kappa shape index (κ3) is 5.74. The lowest BCUT2D eigenvalue weighted by Gasteiger charge is -2.16. The molecule has 0 aromatic rings. The topological polar surface area (TPSA) is 9.23 Å². The predicted molar refractivity (Wildman–Crippen MR) is 72.7 cm³/mol. The Labute approximate surface area is 102 Å². The van der Waals surface area contributed by atoms with Gasteiger partial charge in [0.25, 0.3) is 0 Å². The van der Waals surface area contributed by atoms with Gasteiger partial charge in [0.1, 0.15) is 0 Å². The fourth-order valence-corrected chi connectivity index (χ4v) is 2.42. The van der Waals surface area contributed by atoms with E-state index < -0.39 is 0 Å². The Balaban J connectivity index is 2.40. The first kappa shape index (κ1) is 13.8. The van der Waals surface area contributed by atoms with Gasteiger partial charge in [0, 0.05) is 6.10 Å². The van der Waals surface area contributed by atoms with Crippen molar-refractivity contribution in [2.24, 2.45) is 11.8 Å². The van der Waals surface area contributed by atoms with Crippen LogP contribution in [0, 0.1) is 11.8 Å². The van der Waals surface area contributed by atoms with Crippen LogP contribution < -0.4 is 0 Å². The van der Waals surface area contributed by atoms with E-state index in [0.717, 1.165) is 12.2 Å². The zero-order valence-electron chi connectivity index (χ0n) is 11.4. The van der Waals surface area contributed by atoms with Gasteiger partial charge in [0.15, 0.2) is 0 Å². The average molecular weight is 222 g/mol. The van der Waals surface area contributed by atoms with E-state index in [4.69, 9.17) is 4.65 Å². The zero-order valence-corrected chi connectivity index (χ0v) is 11.4. The molecule has 0 amide bonds. The molecule has 1 nitrogen and oxygen atoms in total. The molecule has 0 unspecified atom stereocenters. The molecule has 0 atom stereocenters. The summed E-state index contributed by atoms with van der Waals surface area (Å²) in [6.07, 6.45) is 9.46. The lowest BCUT2D eigenvalue weighted by atomic mass is 9.60. The number of allylic oxidation sites excluding steroid dienone is 1. The largest absolute Gasteiger partial charge is 0.429 e. The summed E-state index contributed by atoms with van der Waals surface area (Å²) in [4.78, 5) is 0. The van der Waals surface area contributed by atoms with Crippen LogP contribution >= 0.6 is 0 Å². The molecule has 0 aliphatic heterocycles. The molecule has 0 aromatic carbocycles. The van der Waals surface area contributed by atoms with Gasteiger partial charge >= 0.3 is 6.92 Å². The summed E-state index contributed by atoms with van der Waals surface area (Å²) in [5.74, 6) is 3.85. The highest BCUT2D eigenvalue weighted by atomic mass is 16.4. The first-order valence-corrected chi connectivity index (χ1v) is 6.91. The summed E-state index contributed by atoms with van der Waals surface area (Å²) in [6.45, 7) is 9.09.